The number of hydrogen-bond donors (Lipinski definition) is 0. The Bertz CT molecular complexity index is 640. The first kappa shape index (κ1) is 17.7. The van der Waals surface area contributed by atoms with Gasteiger partial charge in [-0.2, -0.15) is 0 Å². The quantitative estimate of drug-likeness (QED) is 0.267. The molecule has 1 aromatic carbocycles. The third kappa shape index (κ3) is 5.55. The first-order valence-corrected chi connectivity index (χ1v) is 5.99. The minimum atomic E-state index is -4.86. The number of methoxy groups -OCH3 is 1. The van der Waals surface area contributed by atoms with Crippen molar-refractivity contribution in [3.8, 4) is 5.75 Å². The number of rotatable bonds is 5. The normalized spacial score (nSPS) is 11.6. The van der Waals surface area contributed by atoms with Gasteiger partial charge in [-0.1, -0.05) is 22.8 Å². The van der Waals surface area contributed by atoms with Gasteiger partial charge in [0.1, 0.15) is 5.75 Å². The minimum absolute atomic E-state index is 0.0147. The molecule has 0 bridgehead atoms. The molecule has 0 heterocycles. The molecule has 1 aromatic rings. The summed E-state index contributed by atoms with van der Waals surface area (Å²) in [5.41, 5.74) is 8.59. The molecule has 0 radical (unpaired) electrons. The van der Waals surface area contributed by atoms with Gasteiger partial charge in [0.05, 0.1) is 18.7 Å². The molecule has 1 rings (SSSR count). The Morgan fingerprint density at radius 1 is 1.50 bits per heavy atom. The summed E-state index contributed by atoms with van der Waals surface area (Å²) < 4.78 is 44.6. The lowest BCUT2D eigenvalue weighted by Crippen LogP contribution is -2.17. The fourth-order valence-corrected chi connectivity index (χ4v) is 1.65. The molecule has 118 valence electrons. The highest BCUT2D eigenvalue weighted by Crippen LogP contribution is 2.31. The standard InChI is InChI=1S/C12H9ClF3N3O3/c1-21-11(20)8(6-18-19-17)4-7-2-3-10(9(13)5-7)22-12(14,15)16/h2-5H,6H2,1H3/b8-4+. The number of azide groups is 1. The topological polar surface area (TPSA) is 84.3 Å². The Hall–Kier alpha value is -2.38. The van der Waals surface area contributed by atoms with E-state index < -0.39 is 18.1 Å². The van der Waals surface area contributed by atoms with Crippen LogP contribution in [0.1, 0.15) is 5.56 Å². The Labute approximate surface area is 127 Å². The molecule has 0 saturated carbocycles. The average molecular weight is 336 g/mol. The van der Waals surface area contributed by atoms with Gasteiger partial charge in [0.2, 0.25) is 0 Å². The molecule has 0 spiro atoms. The maximum atomic E-state index is 12.1. The van der Waals surface area contributed by atoms with E-state index in [2.05, 4.69) is 19.5 Å². The third-order valence-electron chi connectivity index (χ3n) is 2.27. The van der Waals surface area contributed by atoms with E-state index in [0.29, 0.717) is 5.56 Å². The van der Waals surface area contributed by atoms with Gasteiger partial charge in [-0.05, 0) is 29.3 Å². The minimum Gasteiger partial charge on any atom is -0.466 e. The second-order valence-electron chi connectivity index (χ2n) is 3.79. The molecule has 0 aliphatic rings. The SMILES string of the molecule is COC(=O)/C(=C/c1ccc(OC(F)(F)F)c(Cl)c1)CN=[N+]=[N-]. The monoisotopic (exact) mass is 335 g/mol. The van der Waals surface area contributed by atoms with Crippen molar-refractivity contribution in [3.63, 3.8) is 0 Å². The highest BCUT2D eigenvalue weighted by Gasteiger charge is 2.32. The highest BCUT2D eigenvalue weighted by molar-refractivity contribution is 6.32. The van der Waals surface area contributed by atoms with Crippen LogP contribution in [0.5, 0.6) is 5.75 Å². The molecule has 0 aliphatic carbocycles. The molecule has 0 aromatic heterocycles. The number of alkyl halides is 3. The Kier molecular flexibility index (Phi) is 6.09. The van der Waals surface area contributed by atoms with Crippen molar-refractivity contribution < 1.29 is 27.4 Å². The van der Waals surface area contributed by atoms with E-state index in [9.17, 15) is 18.0 Å². The van der Waals surface area contributed by atoms with Crippen LogP contribution in [0.15, 0.2) is 28.9 Å². The zero-order valence-electron chi connectivity index (χ0n) is 11.1. The molecule has 0 unspecified atom stereocenters. The van der Waals surface area contributed by atoms with Gasteiger partial charge in [0.25, 0.3) is 0 Å². The van der Waals surface area contributed by atoms with Gasteiger partial charge in [-0.15, -0.1) is 13.2 Å². The molecular formula is C12H9ClF3N3O3. The molecule has 0 aliphatic heterocycles. The van der Waals surface area contributed by atoms with Crippen molar-refractivity contribution in [2.45, 2.75) is 6.36 Å². The van der Waals surface area contributed by atoms with Gasteiger partial charge in [-0.25, -0.2) is 4.79 Å². The van der Waals surface area contributed by atoms with Crippen LogP contribution < -0.4 is 4.74 Å². The fourth-order valence-electron chi connectivity index (χ4n) is 1.42. The number of benzene rings is 1. The summed E-state index contributed by atoms with van der Waals surface area (Å²) in [6, 6.07) is 3.43. The Balaban J connectivity index is 3.09. The number of hydrogen-bond acceptors (Lipinski definition) is 4. The highest BCUT2D eigenvalue weighted by atomic mass is 35.5. The van der Waals surface area contributed by atoms with Gasteiger partial charge < -0.3 is 9.47 Å². The van der Waals surface area contributed by atoms with Crippen LogP contribution in [0, 0.1) is 0 Å². The molecule has 0 fully saturated rings. The predicted molar refractivity (Wildman–Crippen MR) is 72.1 cm³/mol. The van der Waals surface area contributed by atoms with Crippen molar-refractivity contribution in [2.24, 2.45) is 5.11 Å². The van der Waals surface area contributed by atoms with Crippen LogP contribution in [0.4, 0.5) is 13.2 Å². The molecule has 22 heavy (non-hydrogen) atoms. The second-order valence-corrected chi connectivity index (χ2v) is 4.19. The van der Waals surface area contributed by atoms with E-state index >= 15 is 0 Å². The summed E-state index contributed by atoms with van der Waals surface area (Å²) >= 11 is 5.68. The summed E-state index contributed by atoms with van der Waals surface area (Å²) in [6.07, 6.45) is -3.58. The van der Waals surface area contributed by atoms with E-state index in [0.717, 1.165) is 13.2 Å². The van der Waals surface area contributed by atoms with Crippen LogP contribution in [-0.2, 0) is 9.53 Å². The third-order valence-corrected chi connectivity index (χ3v) is 2.57. The number of carbonyl (C=O) groups is 1. The maximum absolute atomic E-state index is 12.1. The first-order chi connectivity index (χ1) is 10.3. The molecule has 0 N–H and O–H groups in total. The lowest BCUT2D eigenvalue weighted by molar-refractivity contribution is -0.274. The molecule has 6 nitrogen and oxygen atoms in total. The van der Waals surface area contributed by atoms with E-state index in [1.807, 2.05) is 0 Å². The van der Waals surface area contributed by atoms with E-state index in [1.54, 1.807) is 0 Å². The summed E-state index contributed by atoms with van der Waals surface area (Å²) in [5.74, 6) is -1.31. The van der Waals surface area contributed by atoms with Crippen LogP contribution in [0.2, 0.25) is 5.02 Å². The molecular weight excluding hydrogens is 327 g/mol. The van der Waals surface area contributed by atoms with E-state index in [-0.39, 0.29) is 17.1 Å². The number of ether oxygens (including phenoxy) is 2. The van der Waals surface area contributed by atoms with Crippen LogP contribution in [0.3, 0.4) is 0 Å². The smallest absolute Gasteiger partial charge is 0.466 e. The fraction of sp³-hybridized carbons (Fsp3) is 0.250. The second kappa shape index (κ2) is 7.58. The summed E-state index contributed by atoms with van der Waals surface area (Å²) in [5, 5.41) is 2.94. The van der Waals surface area contributed by atoms with Gasteiger partial charge in [0, 0.05) is 10.5 Å². The maximum Gasteiger partial charge on any atom is 0.573 e. The number of halogens is 4. The lowest BCUT2D eigenvalue weighted by atomic mass is 10.1. The van der Waals surface area contributed by atoms with Crippen molar-refractivity contribution in [1.29, 1.82) is 0 Å². The predicted octanol–water partition coefficient (Wildman–Crippen LogP) is 4.11. The summed E-state index contributed by atoms with van der Waals surface area (Å²) in [4.78, 5) is 14.0. The largest absolute Gasteiger partial charge is 0.573 e. The Morgan fingerprint density at radius 3 is 2.68 bits per heavy atom. The average Bonchev–Trinajstić information content (AvgIpc) is 2.44. The number of esters is 1. The van der Waals surface area contributed by atoms with Crippen molar-refractivity contribution in [1.82, 2.24) is 0 Å². The number of nitrogens with zero attached hydrogens (tertiary/aromatic N) is 3. The lowest BCUT2D eigenvalue weighted by Gasteiger charge is -2.10. The van der Waals surface area contributed by atoms with Gasteiger partial charge >= 0.3 is 12.3 Å². The number of carbonyl (C=O) groups excluding carboxylic acids is 1. The summed E-state index contributed by atoms with van der Waals surface area (Å²) in [6.45, 7) is -0.276. The van der Waals surface area contributed by atoms with E-state index in [1.165, 1.54) is 18.2 Å². The van der Waals surface area contributed by atoms with E-state index in [4.69, 9.17) is 17.1 Å². The van der Waals surface area contributed by atoms with Crippen LogP contribution >= 0.6 is 11.6 Å². The van der Waals surface area contributed by atoms with Gasteiger partial charge in [-0.3, -0.25) is 0 Å². The molecule has 0 saturated heterocycles. The zero-order chi connectivity index (χ0) is 16.8. The molecule has 10 heteroatoms. The Morgan fingerprint density at radius 2 is 2.18 bits per heavy atom. The van der Waals surface area contributed by atoms with Crippen LogP contribution in [0.25, 0.3) is 16.5 Å². The zero-order valence-corrected chi connectivity index (χ0v) is 11.9. The van der Waals surface area contributed by atoms with Crippen molar-refractivity contribution in [3.05, 3.63) is 44.8 Å². The first-order valence-electron chi connectivity index (χ1n) is 5.62. The molecule has 0 amide bonds. The molecule has 0 atom stereocenters. The van der Waals surface area contributed by atoms with Crippen molar-refractivity contribution >= 4 is 23.6 Å². The van der Waals surface area contributed by atoms with Crippen molar-refractivity contribution in [2.75, 3.05) is 13.7 Å². The van der Waals surface area contributed by atoms with Gasteiger partial charge in [0.15, 0.2) is 0 Å². The van der Waals surface area contributed by atoms with Crippen LogP contribution in [-0.4, -0.2) is 26.0 Å². The summed E-state index contributed by atoms with van der Waals surface area (Å²) in [7, 11) is 1.14.